The minimum atomic E-state index is 0.178. The topological polar surface area (TPSA) is 21.3 Å². The molecule has 1 aromatic rings. The fourth-order valence-corrected chi connectivity index (χ4v) is 2.06. The number of ether oxygens (including phenoxy) is 1. The van der Waals surface area contributed by atoms with E-state index in [1.54, 1.807) is 0 Å². The van der Waals surface area contributed by atoms with Crippen LogP contribution in [-0.4, -0.2) is 18.7 Å². The van der Waals surface area contributed by atoms with E-state index < -0.39 is 0 Å². The molecule has 0 aromatic heterocycles. The molecule has 0 spiro atoms. The number of rotatable bonds is 8. The number of hydrogen-bond donors (Lipinski definition) is 1. The lowest BCUT2D eigenvalue weighted by Crippen LogP contribution is -2.39. The molecular formula is C17H29NO. The smallest absolute Gasteiger partial charge is 0.123 e. The number of hydrogen-bond acceptors (Lipinski definition) is 2. The van der Waals surface area contributed by atoms with Gasteiger partial charge in [0, 0.05) is 6.04 Å². The van der Waals surface area contributed by atoms with E-state index in [0.717, 1.165) is 25.1 Å². The molecule has 1 aromatic carbocycles. The van der Waals surface area contributed by atoms with Crippen molar-refractivity contribution >= 4 is 0 Å². The minimum absolute atomic E-state index is 0.178. The Balaban J connectivity index is 2.70. The summed E-state index contributed by atoms with van der Waals surface area (Å²) in [7, 11) is 0. The van der Waals surface area contributed by atoms with Crippen LogP contribution in [0.1, 0.15) is 58.9 Å². The third-order valence-corrected chi connectivity index (χ3v) is 3.80. The molecule has 0 aliphatic rings. The van der Waals surface area contributed by atoms with Gasteiger partial charge in [0.2, 0.25) is 0 Å². The fourth-order valence-electron chi connectivity index (χ4n) is 2.06. The highest BCUT2D eigenvalue weighted by atomic mass is 16.5. The first-order valence-electron chi connectivity index (χ1n) is 7.59. The summed E-state index contributed by atoms with van der Waals surface area (Å²) in [5, 5.41) is 3.49. The van der Waals surface area contributed by atoms with E-state index in [2.05, 4.69) is 64.2 Å². The third kappa shape index (κ3) is 4.87. The molecule has 0 saturated heterocycles. The van der Waals surface area contributed by atoms with Crippen LogP contribution >= 0.6 is 0 Å². The van der Waals surface area contributed by atoms with E-state index in [-0.39, 0.29) is 6.10 Å². The maximum Gasteiger partial charge on any atom is 0.123 e. The lowest BCUT2D eigenvalue weighted by Gasteiger charge is -2.25. The summed E-state index contributed by atoms with van der Waals surface area (Å²) in [6, 6.07) is 8.78. The van der Waals surface area contributed by atoms with Crippen LogP contribution in [0.3, 0.4) is 0 Å². The first kappa shape index (κ1) is 16.0. The molecule has 19 heavy (non-hydrogen) atoms. The second-order valence-electron chi connectivity index (χ2n) is 5.41. The summed E-state index contributed by atoms with van der Waals surface area (Å²) in [6.07, 6.45) is 2.47. The molecule has 0 bridgehead atoms. The van der Waals surface area contributed by atoms with Gasteiger partial charge >= 0.3 is 0 Å². The highest BCUT2D eigenvalue weighted by Crippen LogP contribution is 2.29. The lowest BCUT2D eigenvalue weighted by atomic mass is 9.98. The SMILES string of the molecule is CCCNC(C)C(C)Oc1ccccc1C(C)CC. The van der Waals surface area contributed by atoms with Crippen molar-refractivity contribution in [3.8, 4) is 5.75 Å². The number of para-hydroxylation sites is 1. The number of nitrogens with one attached hydrogen (secondary N) is 1. The zero-order chi connectivity index (χ0) is 14.3. The van der Waals surface area contributed by atoms with Crippen molar-refractivity contribution < 1.29 is 4.74 Å². The summed E-state index contributed by atoms with van der Waals surface area (Å²) < 4.78 is 6.16. The van der Waals surface area contributed by atoms with E-state index in [0.29, 0.717) is 12.0 Å². The number of benzene rings is 1. The highest BCUT2D eigenvalue weighted by Gasteiger charge is 2.16. The third-order valence-electron chi connectivity index (χ3n) is 3.80. The first-order chi connectivity index (χ1) is 9.10. The molecule has 0 fully saturated rings. The van der Waals surface area contributed by atoms with Gasteiger partial charge in [0.25, 0.3) is 0 Å². The molecular weight excluding hydrogens is 234 g/mol. The molecule has 0 heterocycles. The van der Waals surface area contributed by atoms with E-state index in [4.69, 9.17) is 4.74 Å². The predicted octanol–water partition coefficient (Wildman–Crippen LogP) is 4.36. The van der Waals surface area contributed by atoms with Crippen LogP contribution in [-0.2, 0) is 0 Å². The van der Waals surface area contributed by atoms with Crippen LogP contribution in [0.4, 0.5) is 0 Å². The second-order valence-corrected chi connectivity index (χ2v) is 5.41. The maximum absolute atomic E-state index is 6.16. The molecule has 1 N–H and O–H groups in total. The molecule has 0 amide bonds. The van der Waals surface area contributed by atoms with Gasteiger partial charge in [0.05, 0.1) is 0 Å². The van der Waals surface area contributed by atoms with Gasteiger partial charge in [-0.05, 0) is 50.8 Å². The minimum Gasteiger partial charge on any atom is -0.489 e. The zero-order valence-corrected chi connectivity index (χ0v) is 13.1. The Kier molecular flexibility index (Phi) is 6.93. The quantitative estimate of drug-likeness (QED) is 0.752. The standard InChI is InChI=1S/C17H29NO/c1-6-12-18-14(4)15(5)19-17-11-9-8-10-16(17)13(3)7-2/h8-11,13-15,18H,6-7,12H2,1-5H3. The summed E-state index contributed by atoms with van der Waals surface area (Å²) in [5.41, 5.74) is 1.32. The summed E-state index contributed by atoms with van der Waals surface area (Å²) in [4.78, 5) is 0. The van der Waals surface area contributed by atoms with Crippen LogP contribution in [0.5, 0.6) is 5.75 Å². The molecule has 2 nitrogen and oxygen atoms in total. The molecule has 2 heteroatoms. The van der Waals surface area contributed by atoms with Gasteiger partial charge in [-0.25, -0.2) is 0 Å². The Bertz CT molecular complexity index is 364. The van der Waals surface area contributed by atoms with Gasteiger partial charge < -0.3 is 10.1 Å². The summed E-state index contributed by atoms with van der Waals surface area (Å²) in [5.74, 6) is 1.58. The monoisotopic (exact) mass is 263 g/mol. The van der Waals surface area contributed by atoms with Crippen LogP contribution in [0, 0.1) is 0 Å². The van der Waals surface area contributed by atoms with Crippen molar-refractivity contribution in [3.05, 3.63) is 29.8 Å². The summed E-state index contributed by atoms with van der Waals surface area (Å²) in [6.45, 7) is 12.0. The van der Waals surface area contributed by atoms with Gasteiger partial charge in [-0.15, -0.1) is 0 Å². The molecule has 0 aliphatic carbocycles. The Hall–Kier alpha value is -1.02. The van der Waals surface area contributed by atoms with Crippen LogP contribution < -0.4 is 10.1 Å². The largest absolute Gasteiger partial charge is 0.489 e. The maximum atomic E-state index is 6.16. The van der Waals surface area contributed by atoms with Crippen LogP contribution in [0.25, 0.3) is 0 Å². The molecule has 1 rings (SSSR count). The van der Waals surface area contributed by atoms with Gasteiger partial charge in [0.1, 0.15) is 11.9 Å². The van der Waals surface area contributed by atoms with Crippen molar-refractivity contribution in [2.45, 2.75) is 65.5 Å². The molecule has 0 aliphatic heterocycles. The average Bonchev–Trinajstić information content (AvgIpc) is 2.44. The molecule has 3 atom stereocenters. The normalized spacial score (nSPS) is 15.8. The van der Waals surface area contributed by atoms with Crippen LogP contribution in [0.2, 0.25) is 0 Å². The fraction of sp³-hybridized carbons (Fsp3) is 0.647. The molecule has 3 unspecified atom stereocenters. The van der Waals surface area contributed by atoms with Gasteiger partial charge in [0.15, 0.2) is 0 Å². The Morgan fingerprint density at radius 3 is 2.42 bits per heavy atom. The van der Waals surface area contributed by atoms with Crippen molar-refractivity contribution in [2.24, 2.45) is 0 Å². The van der Waals surface area contributed by atoms with Crippen molar-refractivity contribution in [2.75, 3.05) is 6.54 Å². The van der Waals surface area contributed by atoms with E-state index in [1.165, 1.54) is 5.56 Å². The van der Waals surface area contributed by atoms with E-state index in [1.807, 2.05) is 0 Å². The van der Waals surface area contributed by atoms with Gasteiger partial charge in [-0.3, -0.25) is 0 Å². The Morgan fingerprint density at radius 2 is 1.79 bits per heavy atom. The second kappa shape index (κ2) is 8.21. The van der Waals surface area contributed by atoms with Gasteiger partial charge in [-0.1, -0.05) is 39.0 Å². The molecule has 108 valence electrons. The Morgan fingerprint density at radius 1 is 1.11 bits per heavy atom. The average molecular weight is 263 g/mol. The Labute approximate surface area is 118 Å². The first-order valence-corrected chi connectivity index (χ1v) is 7.59. The molecule has 0 saturated carbocycles. The highest BCUT2D eigenvalue weighted by molar-refractivity contribution is 5.36. The van der Waals surface area contributed by atoms with Crippen molar-refractivity contribution in [1.82, 2.24) is 5.32 Å². The lowest BCUT2D eigenvalue weighted by molar-refractivity contribution is 0.176. The van der Waals surface area contributed by atoms with Crippen molar-refractivity contribution in [1.29, 1.82) is 0 Å². The van der Waals surface area contributed by atoms with E-state index >= 15 is 0 Å². The molecule has 0 radical (unpaired) electrons. The van der Waals surface area contributed by atoms with Gasteiger partial charge in [-0.2, -0.15) is 0 Å². The van der Waals surface area contributed by atoms with Crippen molar-refractivity contribution in [3.63, 3.8) is 0 Å². The predicted molar refractivity (Wildman–Crippen MR) is 83.0 cm³/mol. The zero-order valence-electron chi connectivity index (χ0n) is 13.1. The van der Waals surface area contributed by atoms with E-state index in [9.17, 15) is 0 Å². The summed E-state index contributed by atoms with van der Waals surface area (Å²) >= 11 is 0. The van der Waals surface area contributed by atoms with Crippen LogP contribution in [0.15, 0.2) is 24.3 Å².